The zero-order valence-corrected chi connectivity index (χ0v) is 12.0. The van der Waals surface area contributed by atoms with Crippen LogP contribution in [0.1, 0.15) is 6.92 Å². The summed E-state index contributed by atoms with van der Waals surface area (Å²) in [5.41, 5.74) is 0. The minimum Gasteiger partial charge on any atom is -0.465 e. The van der Waals surface area contributed by atoms with Gasteiger partial charge in [-0.1, -0.05) is 5.92 Å². The van der Waals surface area contributed by atoms with Crippen molar-refractivity contribution in [3.63, 3.8) is 0 Å². The van der Waals surface area contributed by atoms with Crippen LogP contribution in [0.2, 0.25) is 0 Å². The van der Waals surface area contributed by atoms with Crippen molar-refractivity contribution in [2.45, 2.75) is 13.0 Å². The molecule has 0 aromatic carbocycles. The molecule has 19 heavy (non-hydrogen) atoms. The molecule has 0 radical (unpaired) electrons. The second-order valence-corrected chi connectivity index (χ2v) is 4.95. The van der Waals surface area contributed by atoms with E-state index in [1.807, 2.05) is 4.90 Å². The average molecular weight is 325 g/mol. The van der Waals surface area contributed by atoms with Gasteiger partial charge in [0.2, 0.25) is 5.95 Å². The number of anilines is 1. The van der Waals surface area contributed by atoms with E-state index in [9.17, 15) is 4.79 Å². The lowest BCUT2D eigenvalue weighted by Gasteiger charge is -2.37. The minimum absolute atomic E-state index is 0.212. The molecule has 0 spiro atoms. The predicted octanol–water partition coefficient (Wildman–Crippen LogP) is 1.43. The smallest absolute Gasteiger partial charge is 0.407 e. The fraction of sp³-hybridized carbons (Fsp3) is 0.417. The number of halogens is 1. The Morgan fingerprint density at radius 3 is 2.74 bits per heavy atom. The van der Waals surface area contributed by atoms with E-state index < -0.39 is 6.09 Å². The first-order valence-electron chi connectivity index (χ1n) is 5.76. The molecule has 1 aromatic rings. The summed E-state index contributed by atoms with van der Waals surface area (Å²) in [5, 5.41) is 9.04. The highest BCUT2D eigenvalue weighted by molar-refractivity contribution is 9.10. The standard InChI is InChI=1S/C12H13BrN4O2/c1-2-3-10-8-16(12(18)19)4-5-17(10)11-14-6-9(13)7-15-11/h6-7,10H,4-5,8H2,1H3,(H,18,19). The molecule has 1 aliphatic rings. The summed E-state index contributed by atoms with van der Waals surface area (Å²) in [6.07, 6.45) is 2.42. The van der Waals surface area contributed by atoms with Crippen molar-refractivity contribution in [3.8, 4) is 11.8 Å². The summed E-state index contributed by atoms with van der Waals surface area (Å²) < 4.78 is 0.804. The number of hydrogen-bond acceptors (Lipinski definition) is 4. The van der Waals surface area contributed by atoms with Crippen LogP contribution < -0.4 is 4.90 Å². The zero-order chi connectivity index (χ0) is 13.8. The van der Waals surface area contributed by atoms with Gasteiger partial charge >= 0.3 is 6.09 Å². The van der Waals surface area contributed by atoms with Gasteiger partial charge in [-0.05, 0) is 22.9 Å². The Bertz CT molecular complexity index is 523. The van der Waals surface area contributed by atoms with Gasteiger partial charge in [-0.2, -0.15) is 0 Å². The molecule has 1 atom stereocenters. The van der Waals surface area contributed by atoms with Crippen LogP contribution in [0.25, 0.3) is 0 Å². The van der Waals surface area contributed by atoms with Gasteiger partial charge in [-0.3, -0.25) is 0 Å². The Hall–Kier alpha value is -1.81. The van der Waals surface area contributed by atoms with Gasteiger partial charge < -0.3 is 14.9 Å². The van der Waals surface area contributed by atoms with Gasteiger partial charge in [0.25, 0.3) is 0 Å². The average Bonchev–Trinajstić information content (AvgIpc) is 2.40. The van der Waals surface area contributed by atoms with Crippen LogP contribution in [0.4, 0.5) is 10.7 Å². The molecule has 1 fully saturated rings. The van der Waals surface area contributed by atoms with Crippen LogP contribution in [-0.2, 0) is 0 Å². The van der Waals surface area contributed by atoms with E-state index in [1.165, 1.54) is 4.90 Å². The Morgan fingerprint density at radius 1 is 1.47 bits per heavy atom. The number of carboxylic acid groups (broad SMARTS) is 1. The molecule has 0 saturated carbocycles. The minimum atomic E-state index is -0.917. The van der Waals surface area contributed by atoms with Crippen molar-refractivity contribution in [1.29, 1.82) is 0 Å². The van der Waals surface area contributed by atoms with Crippen LogP contribution in [0.3, 0.4) is 0 Å². The Labute approximate surface area is 119 Å². The molecule has 6 nitrogen and oxygen atoms in total. The monoisotopic (exact) mass is 324 g/mol. The molecule has 7 heteroatoms. The van der Waals surface area contributed by atoms with E-state index in [-0.39, 0.29) is 6.04 Å². The normalized spacial score (nSPS) is 18.7. The van der Waals surface area contributed by atoms with Gasteiger partial charge in [-0.15, -0.1) is 5.92 Å². The maximum absolute atomic E-state index is 11.0. The first-order chi connectivity index (χ1) is 9.11. The zero-order valence-electron chi connectivity index (χ0n) is 10.4. The number of hydrogen-bond donors (Lipinski definition) is 1. The van der Waals surface area contributed by atoms with Crippen LogP contribution in [0.15, 0.2) is 16.9 Å². The highest BCUT2D eigenvalue weighted by Crippen LogP contribution is 2.17. The lowest BCUT2D eigenvalue weighted by atomic mass is 10.2. The van der Waals surface area contributed by atoms with Gasteiger partial charge in [-0.25, -0.2) is 14.8 Å². The lowest BCUT2D eigenvalue weighted by Crippen LogP contribution is -2.54. The molecule has 0 bridgehead atoms. The van der Waals surface area contributed by atoms with Crippen LogP contribution in [-0.4, -0.2) is 51.7 Å². The van der Waals surface area contributed by atoms with E-state index in [2.05, 4.69) is 37.7 Å². The molecule has 2 heterocycles. The molecule has 1 amide bonds. The Balaban J connectivity index is 2.21. The Morgan fingerprint density at radius 2 is 2.16 bits per heavy atom. The summed E-state index contributed by atoms with van der Waals surface area (Å²) >= 11 is 3.29. The predicted molar refractivity (Wildman–Crippen MR) is 73.9 cm³/mol. The number of rotatable bonds is 1. The lowest BCUT2D eigenvalue weighted by molar-refractivity contribution is 0.138. The molecule has 1 saturated heterocycles. The number of piperazine rings is 1. The second-order valence-electron chi connectivity index (χ2n) is 4.03. The largest absolute Gasteiger partial charge is 0.465 e. The van der Waals surface area contributed by atoms with E-state index >= 15 is 0 Å². The number of amides is 1. The van der Waals surface area contributed by atoms with Gasteiger partial charge in [0.15, 0.2) is 0 Å². The first-order valence-corrected chi connectivity index (χ1v) is 6.55. The van der Waals surface area contributed by atoms with Crippen molar-refractivity contribution >= 4 is 28.0 Å². The molecule has 100 valence electrons. The topological polar surface area (TPSA) is 69.6 Å². The maximum Gasteiger partial charge on any atom is 0.407 e. The first kappa shape index (κ1) is 13.6. The molecule has 1 N–H and O–H groups in total. The van der Waals surface area contributed by atoms with E-state index in [4.69, 9.17) is 5.11 Å². The molecule has 1 aromatic heterocycles. The quantitative estimate of drug-likeness (QED) is 0.791. The van der Waals surface area contributed by atoms with E-state index in [1.54, 1.807) is 19.3 Å². The fourth-order valence-corrected chi connectivity index (χ4v) is 2.14. The van der Waals surface area contributed by atoms with Crippen LogP contribution in [0.5, 0.6) is 0 Å². The molecule has 0 aliphatic carbocycles. The summed E-state index contributed by atoms with van der Waals surface area (Å²) in [6, 6.07) is -0.212. The summed E-state index contributed by atoms with van der Waals surface area (Å²) in [5.74, 6) is 6.41. The summed E-state index contributed by atoms with van der Waals surface area (Å²) in [6.45, 7) is 3.04. The second kappa shape index (κ2) is 5.89. The van der Waals surface area contributed by atoms with Crippen molar-refractivity contribution in [1.82, 2.24) is 14.9 Å². The van der Waals surface area contributed by atoms with Crippen molar-refractivity contribution in [2.75, 3.05) is 24.5 Å². The van der Waals surface area contributed by atoms with Gasteiger partial charge in [0.1, 0.15) is 6.04 Å². The molecule has 2 rings (SSSR count). The van der Waals surface area contributed by atoms with Crippen molar-refractivity contribution < 1.29 is 9.90 Å². The SMILES string of the molecule is CC#CC1CN(C(=O)O)CCN1c1ncc(Br)cn1. The van der Waals surface area contributed by atoms with E-state index in [0.29, 0.717) is 25.6 Å². The van der Waals surface area contributed by atoms with Crippen LogP contribution >= 0.6 is 15.9 Å². The fourth-order valence-electron chi connectivity index (χ4n) is 1.94. The molecular weight excluding hydrogens is 312 g/mol. The van der Waals surface area contributed by atoms with E-state index in [0.717, 1.165) is 4.47 Å². The van der Waals surface area contributed by atoms with Crippen LogP contribution in [0, 0.1) is 11.8 Å². The van der Waals surface area contributed by atoms with Gasteiger partial charge in [0.05, 0.1) is 11.0 Å². The third-order valence-electron chi connectivity index (χ3n) is 2.83. The molecule has 1 aliphatic heterocycles. The molecular formula is C12H13BrN4O2. The Kier molecular flexibility index (Phi) is 4.22. The number of aromatic nitrogens is 2. The maximum atomic E-state index is 11.0. The molecule has 1 unspecified atom stereocenters. The number of nitrogens with zero attached hydrogens (tertiary/aromatic N) is 4. The highest BCUT2D eigenvalue weighted by Gasteiger charge is 2.29. The van der Waals surface area contributed by atoms with Crippen molar-refractivity contribution in [3.05, 3.63) is 16.9 Å². The summed E-state index contributed by atoms with van der Waals surface area (Å²) in [4.78, 5) is 22.8. The number of carbonyl (C=O) groups is 1. The third kappa shape index (κ3) is 3.15. The third-order valence-corrected chi connectivity index (χ3v) is 3.23. The highest BCUT2D eigenvalue weighted by atomic mass is 79.9. The van der Waals surface area contributed by atoms with Gasteiger partial charge in [0, 0.05) is 25.5 Å². The summed E-state index contributed by atoms with van der Waals surface area (Å²) in [7, 11) is 0. The van der Waals surface area contributed by atoms with Crippen molar-refractivity contribution in [2.24, 2.45) is 0 Å².